The van der Waals surface area contributed by atoms with Gasteiger partial charge in [-0.15, -0.1) is 0 Å². The van der Waals surface area contributed by atoms with Crippen molar-refractivity contribution in [2.75, 3.05) is 6.61 Å². The van der Waals surface area contributed by atoms with E-state index in [0.717, 1.165) is 12.0 Å². The summed E-state index contributed by atoms with van der Waals surface area (Å²) in [5.74, 6) is -0.0944. The molecule has 2 heteroatoms. The second-order valence-electron chi connectivity index (χ2n) is 4.09. The van der Waals surface area contributed by atoms with Crippen LogP contribution in [0.2, 0.25) is 0 Å². The Hall–Kier alpha value is -1.31. The molecule has 0 amide bonds. The molecular formula is C12H14O2. The van der Waals surface area contributed by atoms with Crippen molar-refractivity contribution in [2.45, 2.75) is 25.7 Å². The van der Waals surface area contributed by atoms with Gasteiger partial charge in [-0.3, -0.25) is 4.79 Å². The molecule has 1 unspecified atom stereocenters. The van der Waals surface area contributed by atoms with E-state index >= 15 is 0 Å². The van der Waals surface area contributed by atoms with Crippen LogP contribution in [0.15, 0.2) is 24.3 Å². The lowest BCUT2D eigenvalue weighted by atomic mass is 9.81. The Morgan fingerprint density at radius 3 is 2.79 bits per heavy atom. The van der Waals surface area contributed by atoms with Crippen LogP contribution in [-0.2, 0) is 14.9 Å². The molecule has 0 spiro atoms. The van der Waals surface area contributed by atoms with E-state index in [4.69, 9.17) is 4.74 Å². The van der Waals surface area contributed by atoms with Crippen molar-refractivity contribution >= 4 is 5.97 Å². The molecule has 1 aromatic carbocycles. The molecule has 0 radical (unpaired) electrons. The van der Waals surface area contributed by atoms with Crippen molar-refractivity contribution in [3.05, 3.63) is 35.4 Å². The number of carbonyl (C=O) groups is 1. The number of aryl methyl sites for hydroxylation is 1. The Balaban J connectivity index is 2.43. The Labute approximate surface area is 83.9 Å². The fourth-order valence-corrected chi connectivity index (χ4v) is 1.86. The monoisotopic (exact) mass is 190 g/mol. The van der Waals surface area contributed by atoms with E-state index in [-0.39, 0.29) is 5.97 Å². The smallest absolute Gasteiger partial charge is 0.316 e. The molecule has 1 aromatic rings. The summed E-state index contributed by atoms with van der Waals surface area (Å²) in [6, 6.07) is 8.08. The SMILES string of the molecule is Cc1cccc(C2(C)CCOC2=O)c1. The number of hydrogen-bond donors (Lipinski definition) is 0. The molecule has 0 aromatic heterocycles. The molecule has 0 bridgehead atoms. The Morgan fingerprint density at radius 1 is 1.43 bits per heavy atom. The molecule has 0 aliphatic carbocycles. The molecule has 1 aliphatic heterocycles. The molecule has 2 rings (SSSR count). The number of cyclic esters (lactones) is 1. The molecule has 1 aliphatic rings. The molecule has 0 N–H and O–H groups in total. The summed E-state index contributed by atoms with van der Waals surface area (Å²) in [6.45, 7) is 4.54. The fourth-order valence-electron chi connectivity index (χ4n) is 1.86. The number of rotatable bonds is 1. The van der Waals surface area contributed by atoms with Crippen molar-refractivity contribution in [1.82, 2.24) is 0 Å². The highest BCUT2D eigenvalue weighted by Crippen LogP contribution is 2.33. The lowest BCUT2D eigenvalue weighted by molar-refractivity contribution is -0.142. The van der Waals surface area contributed by atoms with Gasteiger partial charge in [-0.05, 0) is 19.4 Å². The van der Waals surface area contributed by atoms with Gasteiger partial charge >= 0.3 is 5.97 Å². The van der Waals surface area contributed by atoms with Crippen molar-refractivity contribution < 1.29 is 9.53 Å². The van der Waals surface area contributed by atoms with Gasteiger partial charge in [-0.1, -0.05) is 29.8 Å². The minimum Gasteiger partial charge on any atom is -0.465 e. The van der Waals surface area contributed by atoms with Gasteiger partial charge in [0.1, 0.15) is 0 Å². The summed E-state index contributed by atoms with van der Waals surface area (Å²) >= 11 is 0. The van der Waals surface area contributed by atoms with Gasteiger partial charge in [-0.25, -0.2) is 0 Å². The predicted molar refractivity (Wildman–Crippen MR) is 54.1 cm³/mol. The van der Waals surface area contributed by atoms with Crippen LogP contribution in [0.25, 0.3) is 0 Å². The summed E-state index contributed by atoms with van der Waals surface area (Å²) < 4.78 is 5.02. The summed E-state index contributed by atoms with van der Waals surface area (Å²) in [5.41, 5.74) is 1.83. The normalized spacial score (nSPS) is 26.3. The highest BCUT2D eigenvalue weighted by molar-refractivity contribution is 5.84. The maximum Gasteiger partial charge on any atom is 0.316 e. The third-order valence-corrected chi connectivity index (χ3v) is 2.94. The van der Waals surface area contributed by atoms with Gasteiger partial charge in [0.2, 0.25) is 0 Å². The lowest BCUT2D eigenvalue weighted by Gasteiger charge is -2.19. The van der Waals surface area contributed by atoms with E-state index in [0.29, 0.717) is 6.61 Å². The summed E-state index contributed by atoms with van der Waals surface area (Å²) in [5, 5.41) is 0. The highest BCUT2D eigenvalue weighted by Gasteiger charge is 2.41. The quantitative estimate of drug-likeness (QED) is 0.634. The molecule has 2 nitrogen and oxygen atoms in total. The molecule has 74 valence electrons. The number of benzene rings is 1. The van der Waals surface area contributed by atoms with E-state index in [9.17, 15) is 4.79 Å². The lowest BCUT2D eigenvalue weighted by Crippen LogP contribution is -2.27. The summed E-state index contributed by atoms with van der Waals surface area (Å²) in [6.07, 6.45) is 0.787. The van der Waals surface area contributed by atoms with Crippen LogP contribution in [0.5, 0.6) is 0 Å². The van der Waals surface area contributed by atoms with E-state index < -0.39 is 5.41 Å². The molecule has 1 atom stereocenters. The van der Waals surface area contributed by atoms with Gasteiger partial charge in [-0.2, -0.15) is 0 Å². The molecular weight excluding hydrogens is 176 g/mol. The van der Waals surface area contributed by atoms with Gasteiger partial charge in [0.25, 0.3) is 0 Å². The minimum atomic E-state index is -0.425. The van der Waals surface area contributed by atoms with Gasteiger partial charge in [0.15, 0.2) is 0 Å². The number of hydrogen-bond acceptors (Lipinski definition) is 2. The Kier molecular flexibility index (Phi) is 2.06. The summed E-state index contributed by atoms with van der Waals surface area (Å²) in [4.78, 5) is 11.6. The van der Waals surface area contributed by atoms with Crippen LogP contribution in [0.1, 0.15) is 24.5 Å². The van der Waals surface area contributed by atoms with Crippen molar-refractivity contribution in [3.8, 4) is 0 Å². The van der Waals surface area contributed by atoms with Crippen LogP contribution < -0.4 is 0 Å². The average Bonchev–Trinajstić information content (AvgIpc) is 2.49. The second kappa shape index (κ2) is 3.12. The van der Waals surface area contributed by atoms with Crippen molar-refractivity contribution in [2.24, 2.45) is 0 Å². The topological polar surface area (TPSA) is 26.3 Å². The third-order valence-electron chi connectivity index (χ3n) is 2.94. The van der Waals surface area contributed by atoms with Gasteiger partial charge < -0.3 is 4.74 Å². The van der Waals surface area contributed by atoms with Crippen molar-refractivity contribution in [3.63, 3.8) is 0 Å². The predicted octanol–water partition coefficient (Wildman–Crippen LogP) is 2.20. The Bertz CT molecular complexity index is 370. The number of ether oxygens (including phenoxy) is 1. The molecule has 1 heterocycles. The van der Waals surface area contributed by atoms with E-state index in [2.05, 4.69) is 6.07 Å². The van der Waals surface area contributed by atoms with Crippen LogP contribution in [0.4, 0.5) is 0 Å². The molecule has 1 fully saturated rings. The zero-order chi connectivity index (χ0) is 10.2. The van der Waals surface area contributed by atoms with Crippen LogP contribution in [0, 0.1) is 6.92 Å². The first-order valence-corrected chi connectivity index (χ1v) is 4.87. The zero-order valence-electron chi connectivity index (χ0n) is 8.54. The average molecular weight is 190 g/mol. The summed E-state index contributed by atoms with van der Waals surface area (Å²) in [7, 11) is 0. The van der Waals surface area contributed by atoms with Gasteiger partial charge in [0, 0.05) is 6.42 Å². The number of carbonyl (C=O) groups excluding carboxylic acids is 1. The van der Waals surface area contributed by atoms with Crippen LogP contribution in [0.3, 0.4) is 0 Å². The number of esters is 1. The largest absolute Gasteiger partial charge is 0.465 e. The first-order valence-electron chi connectivity index (χ1n) is 4.87. The van der Waals surface area contributed by atoms with E-state index in [1.807, 2.05) is 32.0 Å². The minimum absolute atomic E-state index is 0.0944. The molecule has 1 saturated heterocycles. The van der Waals surface area contributed by atoms with Crippen LogP contribution in [-0.4, -0.2) is 12.6 Å². The standard InChI is InChI=1S/C12H14O2/c1-9-4-3-5-10(8-9)12(2)6-7-14-11(12)13/h3-5,8H,6-7H2,1-2H3. The fraction of sp³-hybridized carbons (Fsp3) is 0.417. The van der Waals surface area contributed by atoms with Crippen LogP contribution >= 0.6 is 0 Å². The molecule has 14 heavy (non-hydrogen) atoms. The molecule has 0 saturated carbocycles. The Morgan fingerprint density at radius 2 is 2.21 bits per heavy atom. The maximum atomic E-state index is 11.6. The van der Waals surface area contributed by atoms with Gasteiger partial charge in [0.05, 0.1) is 12.0 Å². The maximum absolute atomic E-state index is 11.6. The third kappa shape index (κ3) is 1.31. The second-order valence-corrected chi connectivity index (χ2v) is 4.09. The van der Waals surface area contributed by atoms with Crippen molar-refractivity contribution in [1.29, 1.82) is 0 Å². The zero-order valence-corrected chi connectivity index (χ0v) is 8.54. The van der Waals surface area contributed by atoms with E-state index in [1.54, 1.807) is 0 Å². The first kappa shape index (κ1) is 9.25. The highest BCUT2D eigenvalue weighted by atomic mass is 16.5. The van der Waals surface area contributed by atoms with E-state index in [1.165, 1.54) is 5.56 Å². The first-order chi connectivity index (χ1) is 6.63.